The lowest BCUT2D eigenvalue weighted by atomic mass is 10.1. The van der Waals surface area contributed by atoms with E-state index >= 15 is 0 Å². The van der Waals surface area contributed by atoms with Crippen molar-refractivity contribution in [2.45, 2.75) is 19.6 Å². The van der Waals surface area contributed by atoms with Gasteiger partial charge in [-0.2, -0.15) is 8.78 Å². The van der Waals surface area contributed by atoms with E-state index in [2.05, 4.69) is 20.4 Å². The summed E-state index contributed by atoms with van der Waals surface area (Å²) in [4.78, 5) is 17.7. The Morgan fingerprint density at radius 3 is 2.75 bits per heavy atom. The van der Waals surface area contributed by atoms with E-state index in [1.165, 1.54) is 11.0 Å². The molecule has 1 aromatic rings. The van der Waals surface area contributed by atoms with Crippen molar-refractivity contribution in [2.24, 2.45) is 10.9 Å². The number of hydrogen-bond donors (Lipinski definition) is 2. The van der Waals surface area contributed by atoms with E-state index in [4.69, 9.17) is 4.74 Å². The van der Waals surface area contributed by atoms with Gasteiger partial charge in [-0.3, -0.25) is 4.79 Å². The van der Waals surface area contributed by atoms with Crippen LogP contribution in [0.4, 0.5) is 8.78 Å². The number of aliphatic imine (C=N–C) groups is 1. The molecule has 0 aromatic heterocycles. The molecular weight excluding hydrogens is 485 g/mol. The van der Waals surface area contributed by atoms with Crippen molar-refractivity contribution in [3.63, 3.8) is 0 Å². The summed E-state index contributed by atoms with van der Waals surface area (Å²) in [5.74, 6) is 0.791. The number of halogens is 3. The van der Waals surface area contributed by atoms with Crippen LogP contribution in [-0.4, -0.2) is 63.8 Å². The Kier molecular flexibility index (Phi) is 11.0. The lowest BCUT2D eigenvalue weighted by Gasteiger charge is -2.17. The topological polar surface area (TPSA) is 75.2 Å². The van der Waals surface area contributed by atoms with E-state index < -0.39 is 6.61 Å². The van der Waals surface area contributed by atoms with E-state index in [0.717, 1.165) is 13.0 Å². The predicted molar refractivity (Wildman–Crippen MR) is 113 cm³/mol. The molecule has 1 unspecified atom stereocenters. The number of nitrogens with zero attached hydrogens (tertiary/aromatic N) is 2. The number of guanidine groups is 1. The highest BCUT2D eigenvalue weighted by molar-refractivity contribution is 14.0. The second-order valence-corrected chi connectivity index (χ2v) is 6.40. The third kappa shape index (κ3) is 8.55. The van der Waals surface area contributed by atoms with Crippen molar-refractivity contribution in [3.8, 4) is 5.75 Å². The first-order chi connectivity index (χ1) is 13.0. The summed E-state index contributed by atoms with van der Waals surface area (Å²) >= 11 is 0. The van der Waals surface area contributed by atoms with Crippen LogP contribution in [0.15, 0.2) is 29.3 Å². The van der Waals surface area contributed by atoms with Gasteiger partial charge in [0, 0.05) is 38.7 Å². The van der Waals surface area contributed by atoms with Crippen molar-refractivity contribution < 1.29 is 23.0 Å². The van der Waals surface area contributed by atoms with Gasteiger partial charge < -0.3 is 25.0 Å². The minimum atomic E-state index is -2.90. The van der Waals surface area contributed by atoms with Crippen LogP contribution in [0, 0.1) is 5.92 Å². The highest BCUT2D eigenvalue weighted by Crippen LogP contribution is 2.21. The Morgan fingerprint density at radius 2 is 2.11 bits per heavy atom. The zero-order valence-corrected chi connectivity index (χ0v) is 18.3. The third-order valence-electron chi connectivity index (χ3n) is 4.08. The van der Waals surface area contributed by atoms with Crippen molar-refractivity contribution >= 4 is 35.8 Å². The first-order valence-corrected chi connectivity index (χ1v) is 8.78. The van der Waals surface area contributed by atoms with E-state index in [1.54, 1.807) is 32.3 Å². The van der Waals surface area contributed by atoms with Gasteiger partial charge in [0.2, 0.25) is 5.91 Å². The third-order valence-corrected chi connectivity index (χ3v) is 4.08. The predicted octanol–water partition coefficient (Wildman–Crippen LogP) is 2.07. The van der Waals surface area contributed by atoms with Crippen LogP contribution >= 0.6 is 24.0 Å². The Balaban J connectivity index is 0.00000392. The van der Waals surface area contributed by atoms with Crippen molar-refractivity contribution in [1.82, 2.24) is 15.5 Å². The molecule has 28 heavy (non-hydrogen) atoms. The molecular formula is C18H27F2IN4O3. The number of nitrogens with one attached hydrogen (secondary N) is 2. The monoisotopic (exact) mass is 512 g/mol. The van der Waals surface area contributed by atoms with Crippen molar-refractivity contribution in [1.29, 1.82) is 0 Å². The van der Waals surface area contributed by atoms with E-state index in [1.807, 2.05) is 0 Å². The lowest BCUT2D eigenvalue weighted by Crippen LogP contribution is -2.44. The molecule has 1 aliphatic rings. The summed E-state index contributed by atoms with van der Waals surface area (Å²) in [6.07, 6.45) is 0.960. The van der Waals surface area contributed by atoms with Crippen LogP contribution in [0.5, 0.6) is 5.75 Å². The highest BCUT2D eigenvalue weighted by atomic mass is 127. The average molecular weight is 512 g/mol. The van der Waals surface area contributed by atoms with Gasteiger partial charge in [-0.1, -0.05) is 18.2 Å². The number of carbonyl (C=O) groups excluding carboxylic acids is 1. The zero-order chi connectivity index (χ0) is 19.6. The summed E-state index contributed by atoms with van der Waals surface area (Å²) < 4.78 is 35.0. The fraction of sp³-hybridized carbons (Fsp3) is 0.556. The molecule has 1 aromatic carbocycles. The lowest BCUT2D eigenvalue weighted by molar-refractivity contribution is -0.127. The molecule has 2 N–H and O–H groups in total. The number of benzene rings is 1. The van der Waals surface area contributed by atoms with E-state index in [0.29, 0.717) is 30.6 Å². The summed E-state index contributed by atoms with van der Waals surface area (Å²) in [6.45, 7) is -0.612. The number of likely N-dealkylation sites (N-methyl/N-ethyl adjacent to an activating group) is 1. The normalized spacial score (nSPS) is 16.5. The zero-order valence-electron chi connectivity index (χ0n) is 16.0. The van der Waals surface area contributed by atoms with Crippen LogP contribution in [0.1, 0.15) is 12.0 Å². The van der Waals surface area contributed by atoms with Crippen molar-refractivity contribution in [3.05, 3.63) is 29.8 Å². The van der Waals surface area contributed by atoms with Gasteiger partial charge in [0.05, 0.1) is 19.7 Å². The quantitative estimate of drug-likeness (QED) is 0.317. The largest absolute Gasteiger partial charge is 0.434 e. The number of hydrogen-bond acceptors (Lipinski definition) is 4. The molecule has 0 saturated carbocycles. The van der Waals surface area contributed by atoms with Gasteiger partial charge in [-0.05, 0) is 12.5 Å². The minimum Gasteiger partial charge on any atom is -0.434 e. The van der Waals surface area contributed by atoms with Gasteiger partial charge in [0.25, 0.3) is 0 Å². The number of carbonyl (C=O) groups is 1. The standard InChI is InChI=1S/C18H26F2N4O3.HI/c1-24(2)16(25)11-23-18(21-9-13-7-8-26-12-13)22-10-14-5-3-4-6-15(14)27-17(19)20;/h3-6,13,17H,7-12H2,1-2H3,(H2,21,22,23);1H. The number of rotatable bonds is 8. The molecule has 0 spiro atoms. The summed E-state index contributed by atoms with van der Waals surface area (Å²) in [5.41, 5.74) is 0.530. The summed E-state index contributed by atoms with van der Waals surface area (Å²) in [6, 6.07) is 6.50. The summed E-state index contributed by atoms with van der Waals surface area (Å²) in [7, 11) is 3.34. The van der Waals surface area contributed by atoms with Crippen LogP contribution < -0.4 is 15.4 Å². The van der Waals surface area contributed by atoms with Crippen molar-refractivity contribution in [2.75, 3.05) is 40.4 Å². The molecule has 1 amide bonds. The molecule has 158 valence electrons. The second-order valence-electron chi connectivity index (χ2n) is 6.40. The van der Waals surface area contributed by atoms with Crippen LogP contribution in [0.25, 0.3) is 0 Å². The number of alkyl halides is 2. The fourth-order valence-electron chi connectivity index (χ4n) is 2.49. The molecule has 1 heterocycles. The molecule has 2 rings (SSSR count). The maximum absolute atomic E-state index is 12.5. The minimum absolute atomic E-state index is 0. The SMILES string of the molecule is CN(C)C(=O)CNC(=NCc1ccccc1OC(F)F)NCC1CCOC1.I. The fourth-order valence-corrected chi connectivity index (χ4v) is 2.49. The van der Waals surface area contributed by atoms with Gasteiger partial charge in [-0.15, -0.1) is 24.0 Å². The molecule has 0 aliphatic carbocycles. The van der Waals surface area contributed by atoms with Gasteiger partial charge in [0.1, 0.15) is 5.75 Å². The first-order valence-electron chi connectivity index (χ1n) is 8.78. The molecule has 7 nitrogen and oxygen atoms in total. The van der Waals surface area contributed by atoms with Crippen LogP contribution in [-0.2, 0) is 16.1 Å². The first kappa shape index (κ1) is 24.3. The van der Waals surface area contributed by atoms with Gasteiger partial charge in [-0.25, -0.2) is 4.99 Å². The maximum atomic E-state index is 12.5. The number of amides is 1. The van der Waals surface area contributed by atoms with Crippen LogP contribution in [0.2, 0.25) is 0 Å². The summed E-state index contributed by atoms with van der Waals surface area (Å²) in [5, 5.41) is 6.16. The molecule has 1 atom stereocenters. The number of ether oxygens (including phenoxy) is 2. The number of para-hydroxylation sites is 1. The Labute approximate surface area is 180 Å². The molecule has 0 radical (unpaired) electrons. The van der Waals surface area contributed by atoms with Gasteiger partial charge in [0.15, 0.2) is 5.96 Å². The smallest absolute Gasteiger partial charge is 0.387 e. The maximum Gasteiger partial charge on any atom is 0.387 e. The molecule has 1 saturated heterocycles. The van der Waals surface area contributed by atoms with E-state index in [-0.39, 0.29) is 48.7 Å². The van der Waals surface area contributed by atoms with E-state index in [9.17, 15) is 13.6 Å². The molecule has 0 bridgehead atoms. The van der Waals surface area contributed by atoms with Gasteiger partial charge >= 0.3 is 6.61 Å². The molecule has 1 fully saturated rings. The molecule has 10 heteroatoms. The Morgan fingerprint density at radius 1 is 1.36 bits per heavy atom. The molecule has 1 aliphatic heterocycles. The van der Waals surface area contributed by atoms with Crippen LogP contribution in [0.3, 0.4) is 0 Å². The highest BCUT2D eigenvalue weighted by Gasteiger charge is 2.16. The Bertz CT molecular complexity index is 641. The average Bonchev–Trinajstić information content (AvgIpc) is 3.15. The second kappa shape index (κ2) is 12.7. The Hall–Kier alpha value is -1.69.